The summed E-state index contributed by atoms with van der Waals surface area (Å²) in [7, 11) is 0. The maximum atomic E-state index is 5.91. The van der Waals surface area contributed by atoms with Crippen LogP contribution in [0.15, 0.2) is 0 Å². The van der Waals surface area contributed by atoms with Gasteiger partial charge in [-0.05, 0) is 32.6 Å². The SMILES string of the molecule is CCCCC1CN(N)C(C)(C)C1. The van der Waals surface area contributed by atoms with Crippen molar-refractivity contribution < 1.29 is 0 Å². The van der Waals surface area contributed by atoms with Crippen molar-refractivity contribution in [3.63, 3.8) is 0 Å². The number of hydrogen-bond donors (Lipinski definition) is 1. The van der Waals surface area contributed by atoms with Crippen molar-refractivity contribution in [2.24, 2.45) is 11.8 Å². The lowest BCUT2D eigenvalue weighted by molar-refractivity contribution is 0.178. The van der Waals surface area contributed by atoms with Gasteiger partial charge in [0.25, 0.3) is 0 Å². The number of rotatable bonds is 3. The molecule has 0 amide bonds. The van der Waals surface area contributed by atoms with Crippen LogP contribution in [-0.4, -0.2) is 17.1 Å². The first kappa shape index (κ1) is 10.0. The van der Waals surface area contributed by atoms with Gasteiger partial charge in [-0.1, -0.05) is 19.8 Å². The molecule has 0 bridgehead atoms. The first-order chi connectivity index (χ1) is 5.56. The minimum Gasteiger partial charge on any atom is -0.268 e. The molecular formula is C10H22N2. The number of hydrazine groups is 1. The molecule has 1 fully saturated rings. The first-order valence-corrected chi connectivity index (χ1v) is 5.08. The summed E-state index contributed by atoms with van der Waals surface area (Å²) in [6.07, 6.45) is 5.28. The number of unbranched alkanes of at least 4 members (excludes halogenated alkanes) is 1. The lowest BCUT2D eigenvalue weighted by atomic mass is 9.93. The highest BCUT2D eigenvalue weighted by molar-refractivity contribution is 4.89. The topological polar surface area (TPSA) is 29.3 Å². The molecule has 0 aromatic heterocycles. The maximum Gasteiger partial charge on any atom is 0.0298 e. The molecule has 1 aliphatic rings. The second kappa shape index (κ2) is 3.75. The molecule has 0 aromatic carbocycles. The van der Waals surface area contributed by atoms with Gasteiger partial charge in [0, 0.05) is 12.1 Å². The zero-order chi connectivity index (χ0) is 9.19. The fourth-order valence-electron chi connectivity index (χ4n) is 2.10. The van der Waals surface area contributed by atoms with Crippen LogP contribution in [0.5, 0.6) is 0 Å². The quantitative estimate of drug-likeness (QED) is 0.658. The second-order valence-corrected chi connectivity index (χ2v) is 4.68. The highest BCUT2D eigenvalue weighted by Gasteiger charge is 2.35. The zero-order valence-corrected chi connectivity index (χ0v) is 8.64. The Labute approximate surface area is 76.1 Å². The van der Waals surface area contributed by atoms with Gasteiger partial charge < -0.3 is 0 Å². The van der Waals surface area contributed by atoms with Crippen LogP contribution in [-0.2, 0) is 0 Å². The third kappa shape index (κ3) is 2.20. The van der Waals surface area contributed by atoms with Gasteiger partial charge in [-0.3, -0.25) is 5.84 Å². The largest absolute Gasteiger partial charge is 0.268 e. The van der Waals surface area contributed by atoms with Gasteiger partial charge in [0.15, 0.2) is 0 Å². The van der Waals surface area contributed by atoms with E-state index in [4.69, 9.17) is 5.84 Å². The number of nitrogens with zero attached hydrogens (tertiary/aromatic N) is 1. The Morgan fingerprint density at radius 3 is 2.58 bits per heavy atom. The Morgan fingerprint density at radius 1 is 1.50 bits per heavy atom. The van der Waals surface area contributed by atoms with E-state index in [0.717, 1.165) is 12.5 Å². The van der Waals surface area contributed by atoms with Crippen molar-refractivity contribution in [3.8, 4) is 0 Å². The van der Waals surface area contributed by atoms with E-state index in [1.165, 1.54) is 25.7 Å². The van der Waals surface area contributed by atoms with Crippen LogP contribution in [0.25, 0.3) is 0 Å². The molecule has 1 unspecified atom stereocenters. The van der Waals surface area contributed by atoms with E-state index in [2.05, 4.69) is 20.8 Å². The summed E-state index contributed by atoms with van der Waals surface area (Å²) in [5, 5.41) is 2.01. The smallest absolute Gasteiger partial charge is 0.0298 e. The average Bonchev–Trinajstić information content (AvgIpc) is 2.22. The van der Waals surface area contributed by atoms with Crippen LogP contribution < -0.4 is 5.84 Å². The van der Waals surface area contributed by atoms with E-state index < -0.39 is 0 Å². The summed E-state index contributed by atoms with van der Waals surface area (Å²) in [6.45, 7) is 7.81. The van der Waals surface area contributed by atoms with Crippen LogP contribution in [0.1, 0.15) is 46.5 Å². The molecule has 12 heavy (non-hydrogen) atoms. The summed E-state index contributed by atoms with van der Waals surface area (Å²) >= 11 is 0. The Morgan fingerprint density at radius 2 is 2.17 bits per heavy atom. The maximum absolute atomic E-state index is 5.91. The van der Waals surface area contributed by atoms with Gasteiger partial charge in [-0.2, -0.15) is 0 Å². The summed E-state index contributed by atoms with van der Waals surface area (Å²) in [4.78, 5) is 0. The van der Waals surface area contributed by atoms with Gasteiger partial charge in [-0.25, -0.2) is 5.01 Å². The van der Waals surface area contributed by atoms with Crippen molar-refractivity contribution in [3.05, 3.63) is 0 Å². The van der Waals surface area contributed by atoms with Crippen LogP contribution in [0.2, 0.25) is 0 Å². The van der Waals surface area contributed by atoms with Crippen LogP contribution in [0, 0.1) is 5.92 Å². The standard InChI is InChI=1S/C10H22N2/c1-4-5-6-9-7-10(2,3)12(11)8-9/h9H,4-8,11H2,1-3H3. The van der Waals surface area contributed by atoms with Gasteiger partial charge in [0.2, 0.25) is 0 Å². The Hall–Kier alpha value is -0.0800. The van der Waals surface area contributed by atoms with E-state index in [1.54, 1.807) is 0 Å². The van der Waals surface area contributed by atoms with Gasteiger partial charge >= 0.3 is 0 Å². The Kier molecular flexibility index (Phi) is 3.13. The van der Waals surface area contributed by atoms with E-state index in [1.807, 2.05) is 5.01 Å². The monoisotopic (exact) mass is 170 g/mol. The normalized spacial score (nSPS) is 29.5. The molecule has 1 saturated heterocycles. The van der Waals surface area contributed by atoms with E-state index in [-0.39, 0.29) is 5.54 Å². The Bertz CT molecular complexity index is 143. The summed E-state index contributed by atoms with van der Waals surface area (Å²) in [5.74, 6) is 6.75. The first-order valence-electron chi connectivity index (χ1n) is 5.08. The Balaban J connectivity index is 2.33. The van der Waals surface area contributed by atoms with Crippen molar-refractivity contribution in [2.45, 2.75) is 52.0 Å². The molecule has 2 nitrogen and oxygen atoms in total. The van der Waals surface area contributed by atoms with Gasteiger partial charge in [0.05, 0.1) is 0 Å². The highest BCUT2D eigenvalue weighted by atomic mass is 15.4. The van der Waals surface area contributed by atoms with E-state index in [9.17, 15) is 0 Å². The number of nitrogens with two attached hydrogens (primary N) is 1. The molecule has 1 atom stereocenters. The molecule has 0 saturated carbocycles. The summed E-state index contributed by atoms with van der Waals surface area (Å²) < 4.78 is 0. The highest BCUT2D eigenvalue weighted by Crippen LogP contribution is 2.32. The molecule has 0 aliphatic carbocycles. The molecule has 2 heteroatoms. The van der Waals surface area contributed by atoms with Crippen LogP contribution in [0.3, 0.4) is 0 Å². The number of hydrogen-bond acceptors (Lipinski definition) is 2. The van der Waals surface area contributed by atoms with Crippen molar-refractivity contribution in [1.29, 1.82) is 0 Å². The summed E-state index contributed by atoms with van der Waals surface area (Å²) in [6, 6.07) is 0. The van der Waals surface area contributed by atoms with Gasteiger partial charge in [-0.15, -0.1) is 0 Å². The predicted octanol–water partition coefficient (Wildman–Crippen LogP) is 2.15. The average molecular weight is 170 g/mol. The van der Waals surface area contributed by atoms with Gasteiger partial charge in [0.1, 0.15) is 0 Å². The molecule has 0 aromatic rings. The lowest BCUT2D eigenvalue weighted by Gasteiger charge is -2.26. The minimum absolute atomic E-state index is 0.235. The fraction of sp³-hybridized carbons (Fsp3) is 1.00. The predicted molar refractivity (Wildman–Crippen MR) is 52.6 cm³/mol. The van der Waals surface area contributed by atoms with Crippen molar-refractivity contribution in [1.82, 2.24) is 5.01 Å². The fourth-order valence-corrected chi connectivity index (χ4v) is 2.10. The molecule has 1 aliphatic heterocycles. The molecule has 1 heterocycles. The third-order valence-corrected chi connectivity index (χ3v) is 2.99. The zero-order valence-electron chi connectivity index (χ0n) is 8.64. The molecule has 0 radical (unpaired) electrons. The minimum atomic E-state index is 0.235. The van der Waals surface area contributed by atoms with Crippen LogP contribution >= 0.6 is 0 Å². The molecule has 2 N–H and O–H groups in total. The van der Waals surface area contributed by atoms with Crippen molar-refractivity contribution >= 4 is 0 Å². The summed E-state index contributed by atoms with van der Waals surface area (Å²) in [5.41, 5.74) is 0.235. The lowest BCUT2D eigenvalue weighted by Crippen LogP contribution is -2.43. The van der Waals surface area contributed by atoms with E-state index in [0.29, 0.717) is 0 Å². The van der Waals surface area contributed by atoms with Crippen molar-refractivity contribution in [2.75, 3.05) is 6.54 Å². The molecular weight excluding hydrogens is 148 g/mol. The second-order valence-electron chi connectivity index (χ2n) is 4.68. The molecule has 72 valence electrons. The molecule has 0 spiro atoms. The van der Waals surface area contributed by atoms with Crippen LogP contribution in [0.4, 0.5) is 0 Å². The molecule has 1 rings (SSSR count). The van der Waals surface area contributed by atoms with E-state index >= 15 is 0 Å². The third-order valence-electron chi connectivity index (χ3n) is 2.99.